The number of fused-ring (bicyclic) bond motifs is 1. The second-order valence-electron chi connectivity index (χ2n) is 6.49. The molecule has 0 aliphatic carbocycles. The molecule has 0 N–H and O–H groups in total. The summed E-state index contributed by atoms with van der Waals surface area (Å²) >= 11 is 0. The molecule has 4 rings (SSSR count). The van der Waals surface area contributed by atoms with E-state index in [1.165, 1.54) is 18.5 Å². The summed E-state index contributed by atoms with van der Waals surface area (Å²) in [6, 6.07) is 16.7. The molecular formula is C20H22N4. The van der Waals surface area contributed by atoms with Gasteiger partial charge in [-0.25, -0.2) is 9.97 Å². The molecule has 1 aliphatic heterocycles. The number of hydrogen-bond donors (Lipinski definition) is 0. The normalized spacial score (nSPS) is 14.3. The van der Waals surface area contributed by atoms with Crippen LogP contribution >= 0.6 is 0 Å². The van der Waals surface area contributed by atoms with Gasteiger partial charge in [0.25, 0.3) is 0 Å². The van der Waals surface area contributed by atoms with Crippen molar-refractivity contribution in [1.82, 2.24) is 9.97 Å². The highest BCUT2D eigenvalue weighted by Crippen LogP contribution is 2.33. The van der Waals surface area contributed by atoms with E-state index in [-0.39, 0.29) is 0 Å². The number of nitrogens with zero attached hydrogens (tertiary/aromatic N) is 4. The molecule has 1 aliphatic rings. The Hall–Kier alpha value is -2.62. The Bertz CT molecular complexity index is 866. The SMILES string of the molecule is CN(C)c1nc(-c2ccccc2N2CCCC2)nc2ccccc12. The van der Waals surface area contributed by atoms with Crippen LogP contribution in [0.15, 0.2) is 48.5 Å². The fraction of sp³-hybridized carbons (Fsp3) is 0.300. The Balaban J connectivity index is 1.91. The van der Waals surface area contributed by atoms with Crippen molar-refractivity contribution in [3.63, 3.8) is 0 Å². The molecule has 0 bridgehead atoms. The topological polar surface area (TPSA) is 32.3 Å². The van der Waals surface area contributed by atoms with E-state index in [0.717, 1.165) is 41.2 Å². The van der Waals surface area contributed by atoms with Gasteiger partial charge in [0.15, 0.2) is 5.82 Å². The molecule has 4 heteroatoms. The molecular weight excluding hydrogens is 296 g/mol. The molecule has 122 valence electrons. The Morgan fingerprint density at radius 1 is 0.875 bits per heavy atom. The third kappa shape index (κ3) is 2.58. The van der Waals surface area contributed by atoms with E-state index in [2.05, 4.69) is 46.2 Å². The van der Waals surface area contributed by atoms with Crippen LogP contribution in [0, 0.1) is 0 Å². The van der Waals surface area contributed by atoms with Crippen molar-refractivity contribution in [3.8, 4) is 11.4 Å². The van der Waals surface area contributed by atoms with Crippen LogP contribution in [0.2, 0.25) is 0 Å². The van der Waals surface area contributed by atoms with Gasteiger partial charge in [-0.2, -0.15) is 0 Å². The predicted molar refractivity (Wildman–Crippen MR) is 101 cm³/mol. The van der Waals surface area contributed by atoms with E-state index in [4.69, 9.17) is 9.97 Å². The van der Waals surface area contributed by atoms with E-state index < -0.39 is 0 Å². The van der Waals surface area contributed by atoms with Crippen LogP contribution in [0.4, 0.5) is 11.5 Å². The van der Waals surface area contributed by atoms with E-state index in [0.29, 0.717) is 0 Å². The molecule has 0 saturated carbocycles. The molecule has 0 spiro atoms. The minimum absolute atomic E-state index is 0.805. The first kappa shape index (κ1) is 14.9. The lowest BCUT2D eigenvalue weighted by Crippen LogP contribution is -2.19. The highest BCUT2D eigenvalue weighted by Gasteiger charge is 2.19. The summed E-state index contributed by atoms with van der Waals surface area (Å²) in [7, 11) is 4.07. The molecule has 1 aromatic heterocycles. The summed E-state index contributed by atoms with van der Waals surface area (Å²) in [6.07, 6.45) is 2.52. The third-order valence-electron chi connectivity index (χ3n) is 4.60. The van der Waals surface area contributed by atoms with Crippen LogP contribution in [0.1, 0.15) is 12.8 Å². The molecule has 2 aromatic carbocycles. The molecule has 3 aromatic rings. The molecule has 0 amide bonds. The number of rotatable bonds is 3. The maximum absolute atomic E-state index is 4.89. The van der Waals surface area contributed by atoms with Gasteiger partial charge in [-0.15, -0.1) is 0 Å². The van der Waals surface area contributed by atoms with Crippen molar-refractivity contribution < 1.29 is 0 Å². The lowest BCUT2D eigenvalue weighted by atomic mass is 10.1. The molecule has 4 nitrogen and oxygen atoms in total. The Labute approximate surface area is 142 Å². The highest BCUT2D eigenvalue weighted by molar-refractivity contribution is 5.91. The van der Waals surface area contributed by atoms with Crippen molar-refractivity contribution >= 4 is 22.4 Å². The van der Waals surface area contributed by atoms with Gasteiger partial charge in [0, 0.05) is 43.8 Å². The number of hydrogen-bond acceptors (Lipinski definition) is 4. The third-order valence-corrected chi connectivity index (χ3v) is 4.60. The molecule has 1 saturated heterocycles. The minimum Gasteiger partial charge on any atom is -0.371 e. The predicted octanol–water partition coefficient (Wildman–Crippen LogP) is 3.96. The molecule has 2 heterocycles. The van der Waals surface area contributed by atoms with Crippen molar-refractivity contribution in [2.24, 2.45) is 0 Å². The molecule has 0 radical (unpaired) electrons. The minimum atomic E-state index is 0.805. The largest absolute Gasteiger partial charge is 0.371 e. The molecule has 1 fully saturated rings. The fourth-order valence-electron chi connectivity index (χ4n) is 3.42. The van der Waals surface area contributed by atoms with E-state index in [1.54, 1.807) is 0 Å². The van der Waals surface area contributed by atoms with Crippen LogP contribution in [-0.4, -0.2) is 37.2 Å². The van der Waals surface area contributed by atoms with Crippen LogP contribution in [0.3, 0.4) is 0 Å². The van der Waals surface area contributed by atoms with Crippen molar-refractivity contribution in [2.45, 2.75) is 12.8 Å². The fourth-order valence-corrected chi connectivity index (χ4v) is 3.42. The van der Waals surface area contributed by atoms with E-state index >= 15 is 0 Å². The van der Waals surface area contributed by atoms with Gasteiger partial charge in [0.2, 0.25) is 0 Å². The maximum Gasteiger partial charge on any atom is 0.164 e. The first-order valence-corrected chi connectivity index (χ1v) is 8.52. The molecule has 0 atom stereocenters. The molecule has 0 unspecified atom stereocenters. The summed E-state index contributed by atoms with van der Waals surface area (Å²) < 4.78 is 0. The average Bonchev–Trinajstić information content (AvgIpc) is 3.15. The maximum atomic E-state index is 4.89. The van der Waals surface area contributed by atoms with Gasteiger partial charge in [0.05, 0.1) is 5.52 Å². The lowest BCUT2D eigenvalue weighted by molar-refractivity contribution is 0.949. The zero-order valence-corrected chi connectivity index (χ0v) is 14.2. The number of anilines is 2. The second kappa shape index (κ2) is 6.11. The smallest absolute Gasteiger partial charge is 0.164 e. The average molecular weight is 318 g/mol. The van der Waals surface area contributed by atoms with Crippen LogP contribution < -0.4 is 9.80 Å². The summed E-state index contributed by atoms with van der Waals surface area (Å²) in [4.78, 5) is 14.3. The summed E-state index contributed by atoms with van der Waals surface area (Å²) in [5.74, 6) is 1.77. The summed E-state index contributed by atoms with van der Waals surface area (Å²) in [5.41, 5.74) is 3.35. The van der Waals surface area contributed by atoms with Gasteiger partial charge < -0.3 is 9.80 Å². The quantitative estimate of drug-likeness (QED) is 0.731. The van der Waals surface area contributed by atoms with Gasteiger partial charge in [-0.05, 0) is 37.1 Å². The summed E-state index contributed by atoms with van der Waals surface area (Å²) in [5, 5.41) is 1.09. The Morgan fingerprint density at radius 3 is 2.38 bits per heavy atom. The van der Waals surface area contributed by atoms with Gasteiger partial charge in [-0.3, -0.25) is 0 Å². The number of aromatic nitrogens is 2. The zero-order chi connectivity index (χ0) is 16.5. The standard InChI is InChI=1S/C20H22N4/c1-23(2)20-15-9-3-5-11-17(15)21-19(22-20)16-10-4-6-12-18(16)24-13-7-8-14-24/h3-6,9-12H,7-8,13-14H2,1-2H3. The first-order valence-electron chi connectivity index (χ1n) is 8.52. The van der Waals surface area contributed by atoms with Crippen LogP contribution in [0.5, 0.6) is 0 Å². The van der Waals surface area contributed by atoms with Gasteiger partial charge in [0.1, 0.15) is 5.82 Å². The van der Waals surface area contributed by atoms with E-state index in [1.807, 2.05) is 26.2 Å². The van der Waals surface area contributed by atoms with Crippen molar-refractivity contribution in [3.05, 3.63) is 48.5 Å². The van der Waals surface area contributed by atoms with Gasteiger partial charge in [-0.1, -0.05) is 24.3 Å². The van der Waals surface area contributed by atoms with Crippen molar-refractivity contribution in [1.29, 1.82) is 0 Å². The summed E-state index contributed by atoms with van der Waals surface area (Å²) in [6.45, 7) is 2.23. The van der Waals surface area contributed by atoms with Gasteiger partial charge >= 0.3 is 0 Å². The zero-order valence-electron chi connectivity index (χ0n) is 14.2. The number of benzene rings is 2. The second-order valence-corrected chi connectivity index (χ2v) is 6.49. The highest BCUT2D eigenvalue weighted by atomic mass is 15.2. The monoisotopic (exact) mass is 318 g/mol. The molecule has 24 heavy (non-hydrogen) atoms. The first-order chi connectivity index (χ1) is 11.7. The van der Waals surface area contributed by atoms with Crippen molar-refractivity contribution in [2.75, 3.05) is 37.0 Å². The van der Waals surface area contributed by atoms with E-state index in [9.17, 15) is 0 Å². The lowest BCUT2D eigenvalue weighted by Gasteiger charge is -2.22. The Morgan fingerprint density at radius 2 is 1.58 bits per heavy atom. The number of para-hydroxylation sites is 2. The van der Waals surface area contributed by atoms with Crippen LogP contribution in [0.25, 0.3) is 22.3 Å². The van der Waals surface area contributed by atoms with Crippen LogP contribution in [-0.2, 0) is 0 Å². The Kier molecular flexibility index (Phi) is 3.81.